The summed E-state index contributed by atoms with van der Waals surface area (Å²) >= 11 is 1.39. The van der Waals surface area contributed by atoms with Crippen LogP contribution in [-0.2, 0) is 0 Å². The maximum Gasteiger partial charge on any atom is 0.176 e. The molecule has 0 radical (unpaired) electrons. The molecule has 0 spiro atoms. The number of ketones is 1. The lowest BCUT2D eigenvalue weighted by atomic mass is 10.2. The Hall–Kier alpha value is -1.23. The highest BCUT2D eigenvalue weighted by molar-refractivity contribution is 7.19. The topological polar surface area (TPSA) is 64.3 Å². The van der Waals surface area contributed by atoms with Gasteiger partial charge in [-0.15, -0.1) is 11.3 Å². The predicted molar refractivity (Wildman–Crippen MR) is 77.9 cm³/mol. The molecule has 0 aliphatic carbocycles. The summed E-state index contributed by atoms with van der Waals surface area (Å²) in [7, 11) is 1.58. The van der Waals surface area contributed by atoms with E-state index in [0.29, 0.717) is 28.8 Å². The monoisotopic (exact) mass is 270 g/mol. The normalized spacial score (nSPS) is 10.7. The Balaban J connectivity index is 3.07. The molecule has 0 saturated heterocycles. The summed E-state index contributed by atoms with van der Waals surface area (Å²) in [4.78, 5) is 12.4. The van der Waals surface area contributed by atoms with Crippen LogP contribution < -0.4 is 15.8 Å². The lowest BCUT2D eigenvalue weighted by molar-refractivity contribution is 0.0992. The van der Waals surface area contributed by atoms with Crippen LogP contribution in [0.4, 0.5) is 10.7 Å². The van der Waals surface area contributed by atoms with Crippen molar-refractivity contribution in [3.63, 3.8) is 0 Å². The third-order valence-electron chi connectivity index (χ3n) is 3.00. The Bertz CT molecular complexity index is 411. The first kappa shape index (κ1) is 14.8. The molecule has 3 N–H and O–H groups in total. The third-order valence-corrected chi connectivity index (χ3v) is 4.16. The van der Waals surface area contributed by atoms with Gasteiger partial charge >= 0.3 is 0 Å². The lowest BCUT2D eigenvalue weighted by Gasteiger charge is -2.15. The minimum Gasteiger partial charge on any atom is -0.492 e. The van der Waals surface area contributed by atoms with Crippen LogP contribution in [0.3, 0.4) is 0 Å². The van der Waals surface area contributed by atoms with Gasteiger partial charge in [-0.25, -0.2) is 0 Å². The van der Waals surface area contributed by atoms with E-state index in [1.807, 2.05) is 6.92 Å². The fourth-order valence-corrected chi connectivity index (χ4v) is 2.95. The maximum absolute atomic E-state index is 11.8. The highest BCUT2D eigenvalue weighted by Gasteiger charge is 2.21. The van der Waals surface area contributed by atoms with E-state index in [1.54, 1.807) is 7.11 Å². The largest absolute Gasteiger partial charge is 0.492 e. The van der Waals surface area contributed by atoms with Gasteiger partial charge in [0.2, 0.25) is 0 Å². The summed E-state index contributed by atoms with van der Waals surface area (Å²) in [6.07, 6.45) is 2.50. The average molecular weight is 270 g/mol. The Kier molecular flexibility index (Phi) is 5.47. The molecule has 0 bridgehead atoms. The van der Waals surface area contributed by atoms with Crippen molar-refractivity contribution in [2.75, 3.05) is 18.2 Å². The standard InChI is InChI=1S/C13H22N2O2S/c1-5-8(6-2)15-13-11(17-4)10(14)12(18-13)9(16)7-3/h8,15H,5-7,14H2,1-4H3. The van der Waals surface area contributed by atoms with E-state index in [-0.39, 0.29) is 5.78 Å². The molecular weight excluding hydrogens is 248 g/mol. The van der Waals surface area contributed by atoms with Crippen molar-refractivity contribution < 1.29 is 9.53 Å². The van der Waals surface area contributed by atoms with Gasteiger partial charge < -0.3 is 15.8 Å². The summed E-state index contributed by atoms with van der Waals surface area (Å²) in [5, 5.41) is 4.26. The molecule has 0 saturated carbocycles. The van der Waals surface area contributed by atoms with E-state index in [0.717, 1.165) is 17.8 Å². The number of nitrogens with two attached hydrogens (primary N) is 1. The first-order chi connectivity index (χ1) is 8.58. The van der Waals surface area contributed by atoms with Gasteiger partial charge in [-0.05, 0) is 12.8 Å². The van der Waals surface area contributed by atoms with Crippen LogP contribution in [0.25, 0.3) is 0 Å². The zero-order valence-corrected chi connectivity index (χ0v) is 12.3. The summed E-state index contributed by atoms with van der Waals surface area (Å²) in [5.41, 5.74) is 6.44. The molecule has 1 rings (SSSR count). The number of rotatable bonds is 7. The Morgan fingerprint density at radius 2 is 2.00 bits per heavy atom. The van der Waals surface area contributed by atoms with E-state index < -0.39 is 0 Å². The Morgan fingerprint density at radius 3 is 2.44 bits per heavy atom. The molecule has 1 aromatic rings. The molecule has 4 nitrogen and oxygen atoms in total. The minimum absolute atomic E-state index is 0.0633. The molecule has 0 aliphatic heterocycles. The SMILES string of the molecule is CCC(=O)c1sc(NC(CC)CC)c(OC)c1N. The van der Waals surface area contributed by atoms with Gasteiger partial charge in [-0.3, -0.25) is 4.79 Å². The predicted octanol–water partition coefficient (Wildman–Crippen LogP) is 3.53. The third kappa shape index (κ3) is 2.96. The summed E-state index contributed by atoms with van der Waals surface area (Å²) in [6, 6.07) is 0.376. The average Bonchev–Trinajstić information content (AvgIpc) is 2.71. The zero-order valence-electron chi connectivity index (χ0n) is 11.5. The molecular formula is C13H22N2O2S. The molecule has 1 heterocycles. The van der Waals surface area contributed by atoms with Gasteiger partial charge in [0.25, 0.3) is 0 Å². The van der Waals surface area contributed by atoms with Crippen LogP contribution in [0.5, 0.6) is 5.75 Å². The lowest BCUT2D eigenvalue weighted by Crippen LogP contribution is -2.16. The van der Waals surface area contributed by atoms with Crippen LogP contribution >= 0.6 is 11.3 Å². The van der Waals surface area contributed by atoms with E-state index in [2.05, 4.69) is 19.2 Å². The van der Waals surface area contributed by atoms with Crippen molar-refractivity contribution >= 4 is 27.8 Å². The number of ether oxygens (including phenoxy) is 1. The number of methoxy groups -OCH3 is 1. The van der Waals surface area contributed by atoms with E-state index >= 15 is 0 Å². The second-order valence-corrected chi connectivity index (χ2v) is 5.16. The van der Waals surface area contributed by atoms with Crippen molar-refractivity contribution in [1.82, 2.24) is 0 Å². The second-order valence-electron chi connectivity index (χ2n) is 4.14. The molecule has 0 fully saturated rings. The number of carbonyl (C=O) groups excluding carboxylic acids is 1. The number of Topliss-reactive ketones (excluding diaryl/α,β-unsaturated/α-hetero) is 1. The van der Waals surface area contributed by atoms with Crippen molar-refractivity contribution in [1.29, 1.82) is 0 Å². The summed E-state index contributed by atoms with van der Waals surface area (Å²) in [5.74, 6) is 0.664. The number of anilines is 2. The van der Waals surface area contributed by atoms with Crippen LogP contribution in [0.15, 0.2) is 0 Å². The van der Waals surface area contributed by atoms with Gasteiger partial charge in [-0.2, -0.15) is 0 Å². The molecule has 102 valence electrons. The van der Waals surface area contributed by atoms with E-state index in [9.17, 15) is 4.79 Å². The fraction of sp³-hybridized carbons (Fsp3) is 0.615. The molecule has 0 aliphatic rings. The highest BCUT2D eigenvalue weighted by atomic mass is 32.1. The van der Waals surface area contributed by atoms with Crippen LogP contribution in [-0.4, -0.2) is 18.9 Å². The number of thiophene rings is 1. The first-order valence-corrected chi connectivity index (χ1v) is 7.16. The number of carbonyl (C=O) groups is 1. The van der Waals surface area contributed by atoms with E-state index in [1.165, 1.54) is 11.3 Å². The number of nitrogens with one attached hydrogen (secondary N) is 1. The van der Waals surface area contributed by atoms with Crippen molar-refractivity contribution in [2.24, 2.45) is 0 Å². The minimum atomic E-state index is 0.0633. The Labute approximate surface area is 113 Å². The number of hydrogen-bond donors (Lipinski definition) is 2. The molecule has 18 heavy (non-hydrogen) atoms. The molecule has 0 atom stereocenters. The highest BCUT2D eigenvalue weighted by Crippen LogP contribution is 2.43. The van der Waals surface area contributed by atoms with Crippen LogP contribution in [0, 0.1) is 0 Å². The van der Waals surface area contributed by atoms with E-state index in [4.69, 9.17) is 10.5 Å². The van der Waals surface area contributed by atoms with Crippen molar-refractivity contribution in [3.8, 4) is 5.75 Å². The summed E-state index contributed by atoms with van der Waals surface area (Å²) in [6.45, 7) is 6.09. The molecule has 0 amide bonds. The Morgan fingerprint density at radius 1 is 1.39 bits per heavy atom. The van der Waals surface area contributed by atoms with Crippen LogP contribution in [0.1, 0.15) is 49.7 Å². The molecule has 0 unspecified atom stereocenters. The molecule has 0 aromatic carbocycles. The van der Waals surface area contributed by atoms with Crippen molar-refractivity contribution in [2.45, 2.75) is 46.1 Å². The second kappa shape index (κ2) is 6.64. The van der Waals surface area contributed by atoms with Crippen LogP contribution in [0.2, 0.25) is 0 Å². The summed E-state index contributed by atoms with van der Waals surface area (Å²) < 4.78 is 5.31. The number of hydrogen-bond acceptors (Lipinski definition) is 5. The van der Waals surface area contributed by atoms with Gasteiger partial charge in [0.15, 0.2) is 11.5 Å². The first-order valence-electron chi connectivity index (χ1n) is 6.34. The molecule has 1 aromatic heterocycles. The fourth-order valence-electron chi connectivity index (χ4n) is 1.77. The van der Waals surface area contributed by atoms with Gasteiger partial charge in [0, 0.05) is 12.5 Å². The maximum atomic E-state index is 11.8. The van der Waals surface area contributed by atoms with Gasteiger partial charge in [0.05, 0.1) is 17.7 Å². The molecule has 5 heteroatoms. The van der Waals surface area contributed by atoms with Crippen molar-refractivity contribution in [3.05, 3.63) is 4.88 Å². The van der Waals surface area contributed by atoms with Gasteiger partial charge in [-0.1, -0.05) is 20.8 Å². The zero-order chi connectivity index (χ0) is 13.7. The smallest absolute Gasteiger partial charge is 0.176 e. The number of nitrogen functional groups attached to an aromatic ring is 1. The quantitative estimate of drug-likeness (QED) is 0.744. The van der Waals surface area contributed by atoms with Gasteiger partial charge in [0.1, 0.15) is 5.00 Å².